The number of hydrogen-bond donors (Lipinski definition) is 0. The first-order valence-corrected chi connectivity index (χ1v) is 20.9. The second kappa shape index (κ2) is 13.6. The fraction of sp³-hybridized carbons (Fsp3) is 0. The molecule has 0 N–H and O–H groups in total. The molecule has 2 heterocycles. The van der Waals surface area contributed by atoms with Crippen molar-refractivity contribution in [3.8, 4) is 33.4 Å². The van der Waals surface area contributed by atoms with Crippen LogP contribution < -0.4 is 4.90 Å². The maximum absolute atomic E-state index is 6.60. The molecule has 2 nitrogen and oxygen atoms in total. The van der Waals surface area contributed by atoms with Gasteiger partial charge in [-0.15, -0.1) is 11.3 Å². The summed E-state index contributed by atoms with van der Waals surface area (Å²) < 4.78 is 9.16. The molecule has 276 valence electrons. The van der Waals surface area contributed by atoms with Crippen molar-refractivity contribution in [2.24, 2.45) is 0 Å². The number of hydrogen-bond acceptors (Lipinski definition) is 3. The van der Waals surface area contributed by atoms with E-state index in [4.69, 9.17) is 4.42 Å². The highest BCUT2D eigenvalue weighted by atomic mass is 32.1. The van der Waals surface area contributed by atoms with Crippen molar-refractivity contribution < 1.29 is 4.42 Å². The maximum atomic E-state index is 6.60. The standard InChI is InChI=1S/C56H35NOS/c1-3-17-44-36(11-1)13-8-20-46(44)38-25-29-41(30-26-38)57(42-31-27-39(28-32-42)47-21-9-14-37-12-2-4-18-45(37)47)43-16-7-15-40(35-43)48-22-10-23-50-54(48)56-51(58-50)33-34-53-55(56)49-19-5-6-24-52(49)59-53/h1-35H. The van der Waals surface area contributed by atoms with Gasteiger partial charge in [0.1, 0.15) is 11.2 Å². The Morgan fingerprint density at radius 3 is 1.54 bits per heavy atom. The molecule has 0 saturated carbocycles. The smallest absolute Gasteiger partial charge is 0.136 e. The van der Waals surface area contributed by atoms with Crippen LogP contribution in [-0.2, 0) is 0 Å². The van der Waals surface area contributed by atoms with E-state index in [1.807, 2.05) is 11.3 Å². The molecular formula is C56H35NOS. The van der Waals surface area contributed by atoms with Crippen molar-refractivity contribution in [3.63, 3.8) is 0 Å². The molecular weight excluding hydrogens is 735 g/mol. The van der Waals surface area contributed by atoms with Gasteiger partial charge in [0.15, 0.2) is 0 Å². The topological polar surface area (TPSA) is 16.4 Å². The average Bonchev–Trinajstić information content (AvgIpc) is 3.88. The summed E-state index contributed by atoms with van der Waals surface area (Å²) in [4.78, 5) is 2.38. The van der Waals surface area contributed by atoms with E-state index in [9.17, 15) is 0 Å². The summed E-state index contributed by atoms with van der Waals surface area (Å²) in [5.41, 5.74) is 12.2. The third kappa shape index (κ3) is 5.55. The third-order valence-corrected chi connectivity index (χ3v) is 13.0. The lowest BCUT2D eigenvalue weighted by atomic mass is 9.96. The van der Waals surface area contributed by atoms with Crippen LogP contribution in [0.15, 0.2) is 217 Å². The molecule has 0 saturated heterocycles. The lowest BCUT2D eigenvalue weighted by Gasteiger charge is -2.26. The van der Waals surface area contributed by atoms with E-state index in [1.165, 1.54) is 69.4 Å². The highest BCUT2D eigenvalue weighted by Gasteiger charge is 2.20. The Morgan fingerprint density at radius 1 is 0.322 bits per heavy atom. The molecule has 0 aliphatic rings. The van der Waals surface area contributed by atoms with E-state index in [1.54, 1.807) is 0 Å². The van der Waals surface area contributed by atoms with Gasteiger partial charge in [-0.05, 0) is 116 Å². The predicted molar refractivity (Wildman–Crippen MR) is 253 cm³/mol. The Labute approximate surface area is 345 Å². The molecule has 2 aromatic heterocycles. The van der Waals surface area contributed by atoms with Crippen LogP contribution in [0.5, 0.6) is 0 Å². The van der Waals surface area contributed by atoms with Crippen LogP contribution >= 0.6 is 11.3 Å². The molecule has 59 heavy (non-hydrogen) atoms. The number of nitrogens with zero attached hydrogens (tertiary/aromatic N) is 1. The minimum atomic E-state index is 0.899. The first kappa shape index (κ1) is 33.7. The van der Waals surface area contributed by atoms with Gasteiger partial charge in [-0.3, -0.25) is 0 Å². The van der Waals surface area contributed by atoms with Gasteiger partial charge in [-0.25, -0.2) is 0 Å². The Hall–Kier alpha value is -7.46. The molecule has 12 aromatic rings. The molecule has 3 heteroatoms. The first-order valence-electron chi connectivity index (χ1n) is 20.1. The van der Waals surface area contributed by atoms with Gasteiger partial charge < -0.3 is 9.32 Å². The van der Waals surface area contributed by atoms with Gasteiger partial charge in [0.2, 0.25) is 0 Å². The van der Waals surface area contributed by atoms with E-state index in [2.05, 4.69) is 217 Å². The monoisotopic (exact) mass is 769 g/mol. The Balaban J connectivity index is 1.02. The van der Waals surface area contributed by atoms with Gasteiger partial charge in [0.05, 0.1) is 0 Å². The fourth-order valence-corrected chi connectivity index (χ4v) is 10.3. The second-order valence-corrected chi connectivity index (χ2v) is 16.3. The average molecular weight is 770 g/mol. The fourth-order valence-electron chi connectivity index (χ4n) is 9.16. The lowest BCUT2D eigenvalue weighted by molar-refractivity contribution is 0.669. The highest BCUT2D eigenvalue weighted by Crippen LogP contribution is 2.46. The highest BCUT2D eigenvalue weighted by molar-refractivity contribution is 7.26. The zero-order chi connectivity index (χ0) is 38.9. The number of furan rings is 1. The van der Waals surface area contributed by atoms with Gasteiger partial charge in [-0.2, -0.15) is 0 Å². The summed E-state index contributed by atoms with van der Waals surface area (Å²) in [6.45, 7) is 0. The molecule has 0 unspecified atom stereocenters. The van der Waals surface area contributed by atoms with E-state index in [-0.39, 0.29) is 0 Å². The van der Waals surface area contributed by atoms with Crippen molar-refractivity contribution >= 4 is 92.1 Å². The number of anilines is 3. The van der Waals surface area contributed by atoms with E-state index < -0.39 is 0 Å². The predicted octanol–water partition coefficient (Wildman–Crippen LogP) is 16.7. The maximum Gasteiger partial charge on any atom is 0.136 e. The van der Waals surface area contributed by atoms with Crippen LogP contribution in [-0.4, -0.2) is 0 Å². The zero-order valence-electron chi connectivity index (χ0n) is 32.0. The van der Waals surface area contributed by atoms with Crippen molar-refractivity contribution in [1.29, 1.82) is 0 Å². The number of rotatable bonds is 6. The minimum absolute atomic E-state index is 0.899. The molecule has 0 amide bonds. The Bertz CT molecular complexity index is 3420. The SMILES string of the molecule is c1cc(-c2cccc3oc4ccc5sc6ccccc6c5c4c23)cc(N(c2ccc(-c3cccc4ccccc34)cc2)c2ccc(-c3cccc4ccccc34)cc2)c1. The molecule has 0 fully saturated rings. The summed E-state index contributed by atoms with van der Waals surface area (Å²) in [5, 5.41) is 9.87. The summed E-state index contributed by atoms with van der Waals surface area (Å²) in [6.07, 6.45) is 0. The van der Waals surface area contributed by atoms with E-state index in [0.29, 0.717) is 0 Å². The third-order valence-electron chi connectivity index (χ3n) is 11.9. The van der Waals surface area contributed by atoms with Crippen LogP contribution in [0, 0.1) is 0 Å². The molecule has 0 bridgehead atoms. The van der Waals surface area contributed by atoms with Crippen LogP contribution in [0.4, 0.5) is 17.1 Å². The molecule has 12 rings (SSSR count). The quantitative estimate of drug-likeness (QED) is 0.167. The molecule has 0 radical (unpaired) electrons. The Kier molecular flexibility index (Phi) is 7.75. The first-order chi connectivity index (χ1) is 29.2. The van der Waals surface area contributed by atoms with Crippen LogP contribution in [0.2, 0.25) is 0 Å². The van der Waals surface area contributed by atoms with Crippen LogP contribution in [0.3, 0.4) is 0 Å². The Morgan fingerprint density at radius 2 is 0.864 bits per heavy atom. The molecule has 10 aromatic carbocycles. The molecule has 0 spiro atoms. The van der Waals surface area contributed by atoms with E-state index in [0.717, 1.165) is 44.7 Å². The summed E-state index contributed by atoms with van der Waals surface area (Å²) in [7, 11) is 0. The molecule has 0 aliphatic carbocycles. The summed E-state index contributed by atoms with van der Waals surface area (Å²) in [6, 6.07) is 76.9. The normalized spacial score (nSPS) is 11.7. The molecule has 0 aliphatic heterocycles. The lowest BCUT2D eigenvalue weighted by Crippen LogP contribution is -2.10. The van der Waals surface area contributed by atoms with Crippen LogP contribution in [0.1, 0.15) is 0 Å². The largest absolute Gasteiger partial charge is 0.456 e. The van der Waals surface area contributed by atoms with Crippen molar-refractivity contribution in [2.45, 2.75) is 0 Å². The summed E-state index contributed by atoms with van der Waals surface area (Å²) in [5.74, 6) is 0. The van der Waals surface area contributed by atoms with Crippen LogP contribution in [0.25, 0.3) is 97.0 Å². The molecule has 0 atom stereocenters. The number of benzene rings is 10. The zero-order valence-corrected chi connectivity index (χ0v) is 32.8. The minimum Gasteiger partial charge on any atom is -0.456 e. The van der Waals surface area contributed by atoms with Crippen molar-refractivity contribution in [1.82, 2.24) is 0 Å². The van der Waals surface area contributed by atoms with Gasteiger partial charge in [0, 0.05) is 48.0 Å². The number of fused-ring (bicyclic) bond motifs is 9. The van der Waals surface area contributed by atoms with Crippen molar-refractivity contribution in [2.75, 3.05) is 4.90 Å². The van der Waals surface area contributed by atoms with Gasteiger partial charge >= 0.3 is 0 Å². The number of thiophene rings is 1. The van der Waals surface area contributed by atoms with E-state index >= 15 is 0 Å². The summed E-state index contributed by atoms with van der Waals surface area (Å²) >= 11 is 1.84. The second-order valence-electron chi connectivity index (χ2n) is 15.2. The van der Waals surface area contributed by atoms with Gasteiger partial charge in [0.25, 0.3) is 0 Å². The van der Waals surface area contributed by atoms with Gasteiger partial charge in [-0.1, -0.05) is 152 Å². The van der Waals surface area contributed by atoms with Crippen molar-refractivity contribution in [3.05, 3.63) is 212 Å².